The van der Waals surface area contributed by atoms with Gasteiger partial charge in [0.25, 0.3) is 0 Å². The molecule has 0 spiro atoms. The fourth-order valence-corrected chi connectivity index (χ4v) is 2.86. The molecular weight excluding hydrogens is 390 g/mol. The predicted molar refractivity (Wildman–Crippen MR) is 86.5 cm³/mol. The number of methoxy groups -OCH3 is 1. The third-order valence-corrected chi connectivity index (χ3v) is 3.75. The van der Waals surface area contributed by atoms with E-state index in [-0.39, 0.29) is 11.7 Å². The predicted octanol–water partition coefficient (Wildman–Crippen LogP) is 4.07. The molecule has 0 heterocycles. The monoisotopic (exact) mass is 405 g/mol. The van der Waals surface area contributed by atoms with Crippen LogP contribution in [0.5, 0.6) is 5.75 Å². The lowest BCUT2D eigenvalue weighted by molar-refractivity contribution is -0.140. The van der Waals surface area contributed by atoms with Crippen molar-refractivity contribution in [3.63, 3.8) is 0 Å². The minimum Gasteiger partial charge on any atom is -0.506 e. The molecular formula is C14H17Br2NO3. The number of nitrogens with zero attached hydrogens (tertiary/aromatic N) is 1. The van der Waals surface area contributed by atoms with Gasteiger partial charge in [0.15, 0.2) is 0 Å². The zero-order valence-corrected chi connectivity index (χ0v) is 14.4. The lowest BCUT2D eigenvalue weighted by atomic mass is 10.2. The summed E-state index contributed by atoms with van der Waals surface area (Å²) in [6.45, 7) is 0.671. The van der Waals surface area contributed by atoms with Gasteiger partial charge in [-0.2, -0.15) is 0 Å². The fourth-order valence-electron chi connectivity index (χ4n) is 1.60. The van der Waals surface area contributed by atoms with Crippen LogP contribution in [0.15, 0.2) is 26.1 Å². The zero-order chi connectivity index (χ0) is 15.0. The number of benzene rings is 1. The van der Waals surface area contributed by atoms with Crippen molar-refractivity contribution in [2.24, 2.45) is 4.99 Å². The highest BCUT2D eigenvalue weighted by Gasteiger charge is 2.05. The standard InChI is InChI=1S/C14H17Br2NO3/c1-20-13(18)5-3-2-4-6-17-9-10-7-11(15)8-12(16)14(10)19/h7-9,19H,2-6H2,1H3. The molecule has 0 aliphatic rings. The first-order valence-corrected chi connectivity index (χ1v) is 7.88. The summed E-state index contributed by atoms with van der Waals surface area (Å²) in [6, 6.07) is 3.58. The first kappa shape index (κ1) is 17.2. The molecule has 1 aromatic carbocycles. The van der Waals surface area contributed by atoms with Crippen LogP contribution in [0.1, 0.15) is 31.2 Å². The number of carbonyl (C=O) groups excluding carboxylic acids is 1. The molecule has 6 heteroatoms. The van der Waals surface area contributed by atoms with Crippen molar-refractivity contribution in [2.45, 2.75) is 25.7 Å². The second kappa shape index (κ2) is 9.13. The molecule has 0 radical (unpaired) electrons. The van der Waals surface area contributed by atoms with Crippen LogP contribution in [0.4, 0.5) is 0 Å². The third kappa shape index (κ3) is 6.05. The van der Waals surface area contributed by atoms with Gasteiger partial charge in [0.2, 0.25) is 0 Å². The van der Waals surface area contributed by atoms with Crippen LogP contribution < -0.4 is 0 Å². The highest BCUT2D eigenvalue weighted by atomic mass is 79.9. The Bertz CT molecular complexity index is 490. The van der Waals surface area contributed by atoms with Gasteiger partial charge >= 0.3 is 5.97 Å². The van der Waals surface area contributed by atoms with E-state index in [2.05, 4.69) is 41.6 Å². The Morgan fingerprint density at radius 1 is 1.35 bits per heavy atom. The van der Waals surface area contributed by atoms with Crippen LogP contribution in [0.3, 0.4) is 0 Å². The summed E-state index contributed by atoms with van der Waals surface area (Å²) in [4.78, 5) is 15.2. The fraction of sp³-hybridized carbons (Fsp3) is 0.429. The summed E-state index contributed by atoms with van der Waals surface area (Å²) >= 11 is 6.64. The van der Waals surface area contributed by atoms with E-state index >= 15 is 0 Å². The number of phenols is 1. The lowest BCUT2D eigenvalue weighted by Gasteiger charge is -2.03. The maximum atomic E-state index is 10.9. The van der Waals surface area contributed by atoms with Gasteiger partial charge in [0, 0.05) is 29.2 Å². The maximum Gasteiger partial charge on any atom is 0.305 e. The number of unbranched alkanes of at least 4 members (excludes halogenated alkanes) is 2. The summed E-state index contributed by atoms with van der Waals surface area (Å²) in [5.74, 6) is 0.0139. The number of aliphatic imine (C=N–C) groups is 1. The number of halogens is 2. The third-order valence-electron chi connectivity index (χ3n) is 2.68. The summed E-state index contributed by atoms with van der Waals surface area (Å²) in [5.41, 5.74) is 0.667. The van der Waals surface area contributed by atoms with Crippen LogP contribution in [-0.2, 0) is 9.53 Å². The van der Waals surface area contributed by atoms with Gasteiger partial charge in [0.1, 0.15) is 5.75 Å². The van der Waals surface area contributed by atoms with Gasteiger partial charge in [0.05, 0.1) is 11.6 Å². The van der Waals surface area contributed by atoms with Gasteiger partial charge in [-0.1, -0.05) is 22.4 Å². The smallest absolute Gasteiger partial charge is 0.305 e. The highest BCUT2D eigenvalue weighted by molar-refractivity contribution is 9.11. The number of hydrogen-bond acceptors (Lipinski definition) is 4. The van der Waals surface area contributed by atoms with Crippen molar-refractivity contribution in [3.05, 3.63) is 26.6 Å². The van der Waals surface area contributed by atoms with Gasteiger partial charge in [-0.3, -0.25) is 9.79 Å². The van der Waals surface area contributed by atoms with Gasteiger partial charge in [-0.15, -0.1) is 0 Å². The molecule has 0 bridgehead atoms. The van der Waals surface area contributed by atoms with E-state index in [0.29, 0.717) is 23.0 Å². The molecule has 1 aromatic rings. The number of hydrogen-bond donors (Lipinski definition) is 1. The normalized spacial score (nSPS) is 10.9. The quantitative estimate of drug-likeness (QED) is 0.421. The van der Waals surface area contributed by atoms with E-state index in [9.17, 15) is 9.90 Å². The molecule has 4 nitrogen and oxygen atoms in total. The van der Waals surface area contributed by atoms with Crippen LogP contribution in [-0.4, -0.2) is 30.9 Å². The zero-order valence-electron chi connectivity index (χ0n) is 11.2. The molecule has 0 aliphatic heterocycles. The summed E-state index contributed by atoms with van der Waals surface area (Å²) in [6.07, 6.45) is 4.77. The van der Waals surface area contributed by atoms with Crippen molar-refractivity contribution in [1.29, 1.82) is 0 Å². The van der Waals surface area contributed by atoms with Gasteiger partial charge in [-0.25, -0.2) is 0 Å². The SMILES string of the molecule is COC(=O)CCCCCN=Cc1cc(Br)cc(Br)c1O. The first-order chi connectivity index (χ1) is 9.54. The van der Waals surface area contributed by atoms with Crippen molar-refractivity contribution in [2.75, 3.05) is 13.7 Å². The van der Waals surface area contributed by atoms with Crippen LogP contribution >= 0.6 is 31.9 Å². The number of carbonyl (C=O) groups is 1. The first-order valence-electron chi connectivity index (χ1n) is 6.29. The minimum absolute atomic E-state index is 0.169. The van der Waals surface area contributed by atoms with E-state index in [0.717, 1.165) is 23.7 Å². The summed E-state index contributed by atoms with van der Waals surface area (Å²) < 4.78 is 6.07. The Labute approximate surface area is 135 Å². The molecule has 0 aliphatic carbocycles. The summed E-state index contributed by atoms with van der Waals surface area (Å²) in [7, 11) is 1.40. The van der Waals surface area contributed by atoms with E-state index in [1.54, 1.807) is 18.3 Å². The lowest BCUT2D eigenvalue weighted by Crippen LogP contribution is -1.99. The molecule has 0 saturated carbocycles. The maximum absolute atomic E-state index is 10.9. The van der Waals surface area contributed by atoms with E-state index in [1.807, 2.05) is 0 Å². The Kier molecular flexibility index (Phi) is 7.84. The largest absolute Gasteiger partial charge is 0.506 e. The number of phenolic OH excluding ortho intramolecular Hbond substituents is 1. The molecule has 0 saturated heterocycles. The molecule has 0 fully saturated rings. The Balaban J connectivity index is 2.33. The van der Waals surface area contributed by atoms with Crippen molar-refractivity contribution < 1.29 is 14.6 Å². The van der Waals surface area contributed by atoms with E-state index in [4.69, 9.17) is 0 Å². The molecule has 1 rings (SSSR count). The van der Waals surface area contributed by atoms with Crippen molar-refractivity contribution >= 4 is 44.0 Å². The number of aromatic hydroxyl groups is 1. The van der Waals surface area contributed by atoms with Crippen molar-refractivity contribution in [1.82, 2.24) is 0 Å². The van der Waals surface area contributed by atoms with Crippen LogP contribution in [0, 0.1) is 0 Å². The Morgan fingerprint density at radius 2 is 2.10 bits per heavy atom. The second-order valence-electron chi connectivity index (χ2n) is 4.25. The van der Waals surface area contributed by atoms with E-state index < -0.39 is 0 Å². The molecule has 1 N–H and O–H groups in total. The molecule has 0 atom stereocenters. The van der Waals surface area contributed by atoms with Crippen LogP contribution in [0.2, 0.25) is 0 Å². The molecule has 20 heavy (non-hydrogen) atoms. The molecule has 0 amide bonds. The number of ether oxygens (including phenoxy) is 1. The van der Waals surface area contributed by atoms with Gasteiger partial charge in [-0.05, 0) is 40.9 Å². The highest BCUT2D eigenvalue weighted by Crippen LogP contribution is 2.30. The molecule has 0 unspecified atom stereocenters. The van der Waals surface area contributed by atoms with Crippen LogP contribution in [0.25, 0.3) is 0 Å². The molecule has 110 valence electrons. The second-order valence-corrected chi connectivity index (χ2v) is 6.02. The average Bonchev–Trinajstić information content (AvgIpc) is 2.42. The van der Waals surface area contributed by atoms with Crippen molar-refractivity contribution in [3.8, 4) is 5.75 Å². The van der Waals surface area contributed by atoms with E-state index in [1.165, 1.54) is 7.11 Å². The summed E-state index contributed by atoms with van der Waals surface area (Å²) in [5, 5.41) is 9.84. The average molecular weight is 407 g/mol. The molecule has 0 aromatic heterocycles. The minimum atomic E-state index is -0.169. The number of rotatable bonds is 7. The Hall–Kier alpha value is -0.880. The Morgan fingerprint density at radius 3 is 2.80 bits per heavy atom. The topological polar surface area (TPSA) is 58.9 Å². The number of esters is 1. The van der Waals surface area contributed by atoms with Gasteiger partial charge < -0.3 is 9.84 Å².